The third-order valence-electron chi connectivity index (χ3n) is 5.97. The van der Waals surface area contributed by atoms with Gasteiger partial charge in [-0.15, -0.1) is 0 Å². The number of carbonyl (C=O) groups is 1. The number of methoxy groups -OCH3 is 1. The van der Waals surface area contributed by atoms with Crippen molar-refractivity contribution in [2.75, 3.05) is 12.0 Å². The van der Waals surface area contributed by atoms with Gasteiger partial charge >= 0.3 is 6.03 Å². The summed E-state index contributed by atoms with van der Waals surface area (Å²) in [5, 5.41) is 7.19. The van der Waals surface area contributed by atoms with Gasteiger partial charge in [-0.1, -0.05) is 53.2 Å². The summed E-state index contributed by atoms with van der Waals surface area (Å²) in [4.78, 5) is 19.3. The van der Waals surface area contributed by atoms with E-state index in [2.05, 4.69) is 15.5 Å². The van der Waals surface area contributed by atoms with Crippen molar-refractivity contribution < 1.29 is 18.4 Å². The summed E-state index contributed by atoms with van der Waals surface area (Å²) >= 11 is 0. The molecule has 0 radical (unpaired) electrons. The maximum absolute atomic E-state index is 14.0. The number of urea groups is 1. The van der Waals surface area contributed by atoms with E-state index in [1.165, 1.54) is 17.0 Å². The molecule has 4 aromatic rings. The van der Waals surface area contributed by atoms with Crippen LogP contribution in [0, 0.1) is 12.7 Å². The number of hydrogen-bond acceptors (Lipinski definition) is 5. The number of benzene rings is 3. The summed E-state index contributed by atoms with van der Waals surface area (Å²) < 4.78 is 25.0. The standard InChI is InChI=1S/C27H23FN4O3/c1-16-7-9-19(10-8-16)25-30-26(35-31-25)23-17(2)32(21-6-4-5-20(28)15-21)27(33)29-24(23)18-11-13-22(34-3)14-12-18/h4-15,24H,1-3H3,(H,29,33). The highest BCUT2D eigenvalue weighted by molar-refractivity contribution is 6.01. The minimum Gasteiger partial charge on any atom is -0.497 e. The van der Waals surface area contributed by atoms with E-state index >= 15 is 0 Å². The van der Waals surface area contributed by atoms with E-state index in [-0.39, 0.29) is 5.89 Å². The van der Waals surface area contributed by atoms with Gasteiger partial charge in [0, 0.05) is 11.3 Å². The van der Waals surface area contributed by atoms with Crippen molar-refractivity contribution >= 4 is 17.3 Å². The molecule has 3 aromatic carbocycles. The van der Waals surface area contributed by atoms with Gasteiger partial charge in [-0.25, -0.2) is 9.18 Å². The Morgan fingerprint density at radius 1 is 1.03 bits per heavy atom. The molecule has 0 aliphatic carbocycles. The summed E-state index contributed by atoms with van der Waals surface area (Å²) in [6.07, 6.45) is 0. The second kappa shape index (κ2) is 9.06. The molecule has 2 heterocycles. The molecule has 35 heavy (non-hydrogen) atoms. The molecule has 2 amide bonds. The van der Waals surface area contributed by atoms with Gasteiger partial charge in [0.1, 0.15) is 11.6 Å². The molecule has 0 bridgehead atoms. The molecule has 1 unspecified atom stereocenters. The molecule has 1 N–H and O–H groups in total. The number of hydrogen-bond donors (Lipinski definition) is 1. The fraction of sp³-hybridized carbons (Fsp3) is 0.148. The molecule has 7 nitrogen and oxygen atoms in total. The summed E-state index contributed by atoms with van der Waals surface area (Å²) in [5.74, 6) is 0.948. The maximum Gasteiger partial charge on any atom is 0.327 e. The van der Waals surface area contributed by atoms with Crippen LogP contribution in [0.2, 0.25) is 0 Å². The Balaban J connectivity index is 1.64. The Kier molecular flexibility index (Phi) is 5.78. The quantitative estimate of drug-likeness (QED) is 0.393. The second-order valence-corrected chi connectivity index (χ2v) is 8.26. The fourth-order valence-electron chi connectivity index (χ4n) is 4.15. The molecule has 0 fully saturated rings. The molecule has 0 spiro atoms. The molecule has 1 aliphatic rings. The van der Waals surface area contributed by atoms with Crippen molar-refractivity contribution in [1.29, 1.82) is 0 Å². The number of aromatic nitrogens is 2. The Morgan fingerprint density at radius 2 is 1.77 bits per heavy atom. The van der Waals surface area contributed by atoms with Crippen molar-refractivity contribution in [3.8, 4) is 17.1 Å². The minimum atomic E-state index is -0.565. The molecule has 8 heteroatoms. The van der Waals surface area contributed by atoms with Crippen LogP contribution in [0.5, 0.6) is 5.75 Å². The van der Waals surface area contributed by atoms with Crippen LogP contribution in [0.3, 0.4) is 0 Å². The van der Waals surface area contributed by atoms with Crippen LogP contribution >= 0.6 is 0 Å². The normalized spacial score (nSPS) is 15.8. The van der Waals surface area contributed by atoms with E-state index < -0.39 is 17.9 Å². The van der Waals surface area contributed by atoms with Crippen LogP contribution in [0.25, 0.3) is 17.0 Å². The van der Waals surface area contributed by atoms with E-state index in [0.29, 0.717) is 28.5 Å². The number of anilines is 1. The lowest BCUT2D eigenvalue weighted by Gasteiger charge is -2.35. The molecule has 0 saturated carbocycles. The van der Waals surface area contributed by atoms with Crippen LogP contribution in [-0.4, -0.2) is 23.3 Å². The summed E-state index contributed by atoms with van der Waals surface area (Å²) in [6.45, 7) is 3.79. The first-order chi connectivity index (χ1) is 16.9. The topological polar surface area (TPSA) is 80.5 Å². The first-order valence-electron chi connectivity index (χ1n) is 11.1. The average Bonchev–Trinajstić information content (AvgIpc) is 3.34. The summed E-state index contributed by atoms with van der Waals surface area (Å²) in [6, 6.07) is 20.1. The zero-order valence-electron chi connectivity index (χ0n) is 19.4. The highest BCUT2D eigenvalue weighted by atomic mass is 19.1. The highest BCUT2D eigenvalue weighted by Gasteiger charge is 2.36. The molecule has 1 aromatic heterocycles. The van der Waals surface area contributed by atoms with E-state index in [1.807, 2.05) is 55.5 Å². The Hall–Kier alpha value is -4.46. The van der Waals surface area contributed by atoms with Gasteiger partial charge in [0.05, 0.1) is 24.4 Å². The monoisotopic (exact) mass is 470 g/mol. The molecule has 1 aliphatic heterocycles. The van der Waals surface area contributed by atoms with Crippen LogP contribution in [0.15, 0.2) is 83.0 Å². The van der Waals surface area contributed by atoms with Gasteiger partial charge in [0.25, 0.3) is 5.89 Å². The second-order valence-electron chi connectivity index (χ2n) is 8.26. The SMILES string of the molecule is COc1ccc(C2NC(=O)N(c3cccc(F)c3)C(C)=C2c2nc(-c3ccc(C)cc3)no2)cc1. The Labute approximate surface area is 201 Å². The zero-order chi connectivity index (χ0) is 24.5. The first-order valence-corrected chi connectivity index (χ1v) is 11.1. The van der Waals surface area contributed by atoms with Gasteiger partial charge in [0.2, 0.25) is 5.82 Å². The van der Waals surface area contributed by atoms with Crippen LogP contribution < -0.4 is 15.0 Å². The predicted octanol–water partition coefficient (Wildman–Crippen LogP) is 5.89. The smallest absolute Gasteiger partial charge is 0.327 e. The van der Waals surface area contributed by atoms with Crippen molar-refractivity contribution in [3.05, 3.63) is 101 Å². The van der Waals surface area contributed by atoms with Crippen LogP contribution in [0.1, 0.15) is 30.0 Å². The fourth-order valence-corrected chi connectivity index (χ4v) is 4.15. The number of allylic oxidation sites excluding steroid dienone is 1. The van der Waals surface area contributed by atoms with Crippen molar-refractivity contribution in [1.82, 2.24) is 15.5 Å². The molecular weight excluding hydrogens is 447 g/mol. The number of nitrogens with zero attached hydrogens (tertiary/aromatic N) is 3. The van der Waals surface area contributed by atoms with E-state index in [1.54, 1.807) is 26.2 Å². The molecule has 176 valence electrons. The lowest BCUT2D eigenvalue weighted by molar-refractivity contribution is 0.244. The maximum atomic E-state index is 14.0. The van der Waals surface area contributed by atoms with Crippen molar-refractivity contribution in [2.45, 2.75) is 19.9 Å². The third-order valence-corrected chi connectivity index (χ3v) is 5.97. The number of halogens is 1. The number of aryl methyl sites for hydroxylation is 1. The molecule has 1 atom stereocenters. The zero-order valence-corrected chi connectivity index (χ0v) is 19.4. The molecule has 5 rings (SSSR count). The van der Waals surface area contributed by atoms with Gasteiger partial charge in [-0.05, 0) is 49.7 Å². The van der Waals surface area contributed by atoms with Crippen LogP contribution in [-0.2, 0) is 0 Å². The minimum absolute atomic E-state index is 0.264. The summed E-state index contributed by atoms with van der Waals surface area (Å²) in [5.41, 5.74) is 4.30. The number of amides is 2. The van der Waals surface area contributed by atoms with Gasteiger partial charge in [-0.2, -0.15) is 4.98 Å². The Morgan fingerprint density at radius 3 is 2.46 bits per heavy atom. The molecular formula is C27H23FN4O3. The number of nitrogens with one attached hydrogen (secondary N) is 1. The van der Waals surface area contributed by atoms with Crippen molar-refractivity contribution in [2.24, 2.45) is 0 Å². The largest absolute Gasteiger partial charge is 0.497 e. The van der Waals surface area contributed by atoms with E-state index in [0.717, 1.165) is 16.7 Å². The number of rotatable bonds is 5. The molecule has 0 saturated heterocycles. The number of ether oxygens (including phenoxy) is 1. The van der Waals surface area contributed by atoms with Gasteiger partial charge < -0.3 is 14.6 Å². The van der Waals surface area contributed by atoms with E-state index in [9.17, 15) is 9.18 Å². The third kappa shape index (κ3) is 4.26. The average molecular weight is 471 g/mol. The van der Waals surface area contributed by atoms with Gasteiger partial charge in [0.15, 0.2) is 0 Å². The van der Waals surface area contributed by atoms with E-state index in [4.69, 9.17) is 9.26 Å². The summed E-state index contributed by atoms with van der Waals surface area (Å²) in [7, 11) is 1.59. The Bertz CT molecular complexity index is 1410. The lowest BCUT2D eigenvalue weighted by atomic mass is 9.94. The van der Waals surface area contributed by atoms with Gasteiger partial charge in [-0.3, -0.25) is 4.90 Å². The van der Waals surface area contributed by atoms with Crippen LogP contribution in [0.4, 0.5) is 14.9 Å². The lowest BCUT2D eigenvalue weighted by Crippen LogP contribution is -2.46. The first kappa shape index (κ1) is 22.3. The number of carbonyl (C=O) groups excluding carboxylic acids is 1. The predicted molar refractivity (Wildman–Crippen MR) is 130 cm³/mol. The van der Waals surface area contributed by atoms with Crippen molar-refractivity contribution in [3.63, 3.8) is 0 Å². The highest BCUT2D eigenvalue weighted by Crippen LogP contribution is 2.39.